The molecule has 0 spiro atoms. The van der Waals surface area contributed by atoms with Crippen molar-refractivity contribution in [3.8, 4) is 0 Å². The molecule has 0 saturated carbocycles. The molecule has 0 saturated heterocycles. The largest absolute Gasteiger partial charge is 0.265 e. The number of hydrogen-bond donors (Lipinski definition) is 1. The maximum absolute atomic E-state index is 4.90. The molecule has 3 nitrogen and oxygen atoms in total. The highest BCUT2D eigenvalue weighted by Crippen LogP contribution is 1.94. The van der Waals surface area contributed by atoms with Gasteiger partial charge in [0.25, 0.3) is 0 Å². The Morgan fingerprint density at radius 3 is 2.92 bits per heavy atom. The van der Waals surface area contributed by atoms with Gasteiger partial charge in [0, 0.05) is 12.4 Å². The minimum Gasteiger partial charge on any atom is -0.265 e. The first-order chi connectivity index (χ1) is 6.33. The summed E-state index contributed by atoms with van der Waals surface area (Å²) in [7, 11) is 0. The summed E-state index contributed by atoms with van der Waals surface area (Å²) >= 11 is 6.35. The fraction of sp³-hybridized carbons (Fsp3) is 0.125. The van der Waals surface area contributed by atoms with E-state index in [4.69, 9.17) is 12.2 Å². The van der Waals surface area contributed by atoms with Crippen molar-refractivity contribution in [3.63, 3.8) is 0 Å². The van der Waals surface area contributed by atoms with Gasteiger partial charge in [0.05, 0.1) is 6.21 Å². The van der Waals surface area contributed by atoms with Gasteiger partial charge in [-0.15, -0.1) is 0 Å². The van der Waals surface area contributed by atoms with Gasteiger partial charge in [0.1, 0.15) is 0 Å². The highest BCUT2D eigenvalue weighted by molar-refractivity contribution is 8.22. The molecule has 0 amide bonds. The SMILES string of the molecule is CSC(=S)N/N=C\c1ccncc1. The lowest BCUT2D eigenvalue weighted by Gasteiger charge is -1.96. The molecule has 1 rings (SSSR count). The Labute approximate surface area is 86.6 Å². The van der Waals surface area contributed by atoms with Gasteiger partial charge in [0.2, 0.25) is 0 Å². The number of nitrogens with zero attached hydrogens (tertiary/aromatic N) is 2. The summed E-state index contributed by atoms with van der Waals surface area (Å²) in [5.74, 6) is 0. The van der Waals surface area contributed by atoms with E-state index in [0.717, 1.165) is 5.56 Å². The Balaban J connectivity index is 2.45. The third-order valence-electron chi connectivity index (χ3n) is 1.26. The van der Waals surface area contributed by atoms with Crippen LogP contribution < -0.4 is 5.43 Å². The molecule has 1 aromatic rings. The first kappa shape index (κ1) is 10.1. The molecule has 68 valence electrons. The first-order valence-electron chi connectivity index (χ1n) is 3.60. The molecule has 0 radical (unpaired) electrons. The number of thiocarbonyl (C=S) groups is 1. The van der Waals surface area contributed by atoms with Gasteiger partial charge in [-0.3, -0.25) is 10.4 Å². The van der Waals surface area contributed by atoms with E-state index >= 15 is 0 Å². The van der Waals surface area contributed by atoms with Crippen molar-refractivity contribution in [2.45, 2.75) is 0 Å². The molecule has 5 heteroatoms. The van der Waals surface area contributed by atoms with Crippen LogP contribution in [0.2, 0.25) is 0 Å². The molecule has 1 N–H and O–H groups in total. The number of pyridine rings is 1. The molecule has 0 bridgehead atoms. The van der Waals surface area contributed by atoms with Crippen molar-refractivity contribution in [1.29, 1.82) is 0 Å². The summed E-state index contributed by atoms with van der Waals surface area (Å²) in [5, 5.41) is 3.95. The van der Waals surface area contributed by atoms with Crippen LogP contribution in [-0.2, 0) is 0 Å². The molecule has 0 aromatic carbocycles. The zero-order valence-corrected chi connectivity index (χ0v) is 8.73. The van der Waals surface area contributed by atoms with Crippen molar-refractivity contribution in [2.75, 3.05) is 6.26 Å². The summed E-state index contributed by atoms with van der Waals surface area (Å²) in [6, 6.07) is 3.74. The standard InChI is InChI=1S/C8H9N3S2/c1-13-8(12)11-10-6-7-2-4-9-5-3-7/h2-6H,1H3,(H,11,12)/b10-6-. The van der Waals surface area contributed by atoms with Crippen molar-refractivity contribution in [3.05, 3.63) is 30.1 Å². The third kappa shape index (κ3) is 4.00. The second-order valence-electron chi connectivity index (χ2n) is 2.14. The van der Waals surface area contributed by atoms with E-state index in [-0.39, 0.29) is 0 Å². The van der Waals surface area contributed by atoms with Gasteiger partial charge >= 0.3 is 0 Å². The summed E-state index contributed by atoms with van der Waals surface area (Å²) in [6.07, 6.45) is 7.03. The summed E-state index contributed by atoms with van der Waals surface area (Å²) in [4.78, 5) is 3.89. The van der Waals surface area contributed by atoms with Crippen LogP contribution in [0.4, 0.5) is 0 Å². The number of hydrazone groups is 1. The Kier molecular flexibility index (Phi) is 4.42. The molecule has 0 aliphatic carbocycles. The van der Waals surface area contributed by atoms with Crippen LogP contribution in [0.25, 0.3) is 0 Å². The van der Waals surface area contributed by atoms with Gasteiger partial charge in [0.15, 0.2) is 4.32 Å². The van der Waals surface area contributed by atoms with Crippen LogP contribution >= 0.6 is 24.0 Å². The number of aromatic nitrogens is 1. The van der Waals surface area contributed by atoms with Crippen LogP contribution in [-0.4, -0.2) is 21.8 Å². The van der Waals surface area contributed by atoms with Gasteiger partial charge < -0.3 is 0 Å². The van der Waals surface area contributed by atoms with Crippen molar-refractivity contribution in [2.24, 2.45) is 5.10 Å². The lowest BCUT2D eigenvalue weighted by Crippen LogP contribution is -2.10. The predicted octanol–water partition coefficient (Wildman–Crippen LogP) is 1.65. The first-order valence-corrected chi connectivity index (χ1v) is 5.23. The van der Waals surface area contributed by atoms with Crippen LogP contribution in [0.3, 0.4) is 0 Å². The quantitative estimate of drug-likeness (QED) is 0.458. The molecule has 0 aliphatic heterocycles. The molecular weight excluding hydrogens is 202 g/mol. The third-order valence-corrected chi connectivity index (χ3v) is 2.31. The average Bonchev–Trinajstić information content (AvgIpc) is 2.19. The minimum absolute atomic E-state index is 0.658. The lowest BCUT2D eigenvalue weighted by atomic mass is 10.3. The van der Waals surface area contributed by atoms with Crippen LogP contribution in [0, 0.1) is 0 Å². The van der Waals surface area contributed by atoms with Gasteiger partial charge in [-0.1, -0.05) is 24.0 Å². The van der Waals surface area contributed by atoms with E-state index < -0.39 is 0 Å². The van der Waals surface area contributed by atoms with E-state index in [9.17, 15) is 0 Å². The van der Waals surface area contributed by atoms with Crippen molar-refractivity contribution < 1.29 is 0 Å². The van der Waals surface area contributed by atoms with Crippen molar-refractivity contribution >= 4 is 34.5 Å². The second kappa shape index (κ2) is 5.66. The predicted molar refractivity (Wildman–Crippen MR) is 61.1 cm³/mol. The fourth-order valence-electron chi connectivity index (χ4n) is 0.655. The van der Waals surface area contributed by atoms with E-state index in [1.165, 1.54) is 11.8 Å². The Morgan fingerprint density at radius 2 is 2.31 bits per heavy atom. The maximum Gasteiger partial charge on any atom is 0.153 e. The molecule has 0 fully saturated rings. The zero-order valence-electron chi connectivity index (χ0n) is 7.10. The molecule has 0 atom stereocenters. The Hall–Kier alpha value is -0.940. The van der Waals surface area contributed by atoms with E-state index in [1.807, 2.05) is 18.4 Å². The van der Waals surface area contributed by atoms with Gasteiger partial charge in [-0.25, -0.2) is 0 Å². The normalized spacial score (nSPS) is 10.2. The number of hydrogen-bond acceptors (Lipinski definition) is 4. The highest BCUT2D eigenvalue weighted by Gasteiger charge is 1.87. The summed E-state index contributed by atoms with van der Waals surface area (Å²) in [5.41, 5.74) is 3.72. The molecule has 0 aliphatic rings. The lowest BCUT2D eigenvalue weighted by molar-refractivity contribution is 1.07. The van der Waals surface area contributed by atoms with E-state index in [1.54, 1.807) is 18.6 Å². The van der Waals surface area contributed by atoms with E-state index in [2.05, 4.69) is 15.5 Å². The molecular formula is C8H9N3S2. The fourth-order valence-corrected chi connectivity index (χ4v) is 0.851. The van der Waals surface area contributed by atoms with Crippen molar-refractivity contribution in [1.82, 2.24) is 10.4 Å². The average molecular weight is 211 g/mol. The molecule has 1 heterocycles. The topological polar surface area (TPSA) is 37.3 Å². The maximum atomic E-state index is 4.90. The molecule has 13 heavy (non-hydrogen) atoms. The van der Waals surface area contributed by atoms with Crippen LogP contribution in [0.1, 0.15) is 5.56 Å². The zero-order chi connectivity index (χ0) is 9.52. The molecule has 1 aromatic heterocycles. The van der Waals surface area contributed by atoms with Crippen LogP contribution in [0.5, 0.6) is 0 Å². The van der Waals surface area contributed by atoms with Crippen LogP contribution in [0.15, 0.2) is 29.6 Å². The summed E-state index contributed by atoms with van der Waals surface area (Å²) in [6.45, 7) is 0. The second-order valence-corrected chi connectivity index (χ2v) is 3.63. The van der Waals surface area contributed by atoms with Gasteiger partial charge in [-0.05, 0) is 24.0 Å². The van der Waals surface area contributed by atoms with E-state index in [0.29, 0.717) is 4.32 Å². The van der Waals surface area contributed by atoms with Gasteiger partial charge in [-0.2, -0.15) is 5.10 Å². The monoisotopic (exact) mass is 211 g/mol. The Bertz CT molecular complexity index is 298. The Morgan fingerprint density at radius 1 is 1.62 bits per heavy atom. The highest BCUT2D eigenvalue weighted by atomic mass is 32.2. The summed E-state index contributed by atoms with van der Waals surface area (Å²) < 4.78 is 0.658. The minimum atomic E-state index is 0.658. The number of thioether (sulfide) groups is 1. The number of rotatable bonds is 2. The smallest absolute Gasteiger partial charge is 0.153 e. The molecule has 0 unspecified atom stereocenters. The number of nitrogens with one attached hydrogen (secondary N) is 1.